The van der Waals surface area contributed by atoms with Crippen LogP contribution in [0.3, 0.4) is 0 Å². The summed E-state index contributed by atoms with van der Waals surface area (Å²) < 4.78 is 14.9. The second-order valence-corrected chi connectivity index (χ2v) is 6.48. The van der Waals surface area contributed by atoms with Crippen LogP contribution in [0.5, 0.6) is 0 Å². The van der Waals surface area contributed by atoms with Crippen molar-refractivity contribution in [2.75, 3.05) is 0 Å². The van der Waals surface area contributed by atoms with Crippen molar-refractivity contribution < 1.29 is 4.39 Å². The summed E-state index contributed by atoms with van der Waals surface area (Å²) in [5.74, 6) is 0.218. The summed E-state index contributed by atoms with van der Waals surface area (Å²) in [4.78, 5) is 0. The van der Waals surface area contributed by atoms with E-state index in [1.807, 2.05) is 0 Å². The fourth-order valence-corrected chi connectivity index (χ4v) is 3.40. The van der Waals surface area contributed by atoms with Crippen molar-refractivity contribution in [3.8, 4) is 0 Å². The van der Waals surface area contributed by atoms with Gasteiger partial charge in [-0.25, -0.2) is 4.39 Å². The fraction of sp³-hybridized carbons (Fsp3) is 0.571. The van der Waals surface area contributed by atoms with E-state index in [0.717, 1.165) is 25.7 Å². The van der Waals surface area contributed by atoms with E-state index >= 15 is 0 Å². The zero-order valence-corrected chi connectivity index (χ0v) is 12.8. The Kier molecular flexibility index (Phi) is 4.35. The smallest absolute Gasteiger partial charge is 0.147 e. The molecule has 0 heterocycles. The molecule has 1 fully saturated rings. The lowest BCUT2D eigenvalue weighted by atomic mass is 9.72. The summed E-state index contributed by atoms with van der Waals surface area (Å²) in [6.07, 6.45) is 5.03. The minimum Gasteiger partial charge on any atom is -0.321 e. The van der Waals surface area contributed by atoms with Crippen LogP contribution in [0.4, 0.5) is 4.39 Å². The molecule has 2 atom stereocenters. The molecule has 100 valence electrons. The number of hydrogen-bond donors (Lipinski definition) is 1. The monoisotopic (exact) mass is 333 g/mol. The van der Waals surface area contributed by atoms with Crippen molar-refractivity contribution in [3.63, 3.8) is 0 Å². The van der Waals surface area contributed by atoms with Gasteiger partial charge in [0, 0.05) is 15.6 Å². The van der Waals surface area contributed by atoms with E-state index in [4.69, 9.17) is 17.3 Å². The Morgan fingerprint density at radius 3 is 2.94 bits per heavy atom. The Balaban J connectivity index is 2.38. The van der Waals surface area contributed by atoms with Crippen LogP contribution in [0.2, 0.25) is 5.02 Å². The van der Waals surface area contributed by atoms with Crippen molar-refractivity contribution in [1.82, 2.24) is 0 Å². The summed E-state index contributed by atoms with van der Waals surface area (Å²) >= 11 is 9.19. The van der Waals surface area contributed by atoms with Crippen molar-refractivity contribution in [2.24, 2.45) is 11.7 Å². The van der Waals surface area contributed by atoms with Crippen LogP contribution in [0, 0.1) is 11.7 Å². The molecule has 0 aromatic heterocycles. The standard InChI is InChI=1S/C14H18BrClFN/c1-2-9-4-3-7-14(18,8-9)10-5-6-11(15)12(16)13(10)17/h5-6,9H,2-4,7-8,18H2,1H3. The normalized spacial score (nSPS) is 28.4. The van der Waals surface area contributed by atoms with Gasteiger partial charge in [-0.2, -0.15) is 0 Å². The van der Waals surface area contributed by atoms with Crippen molar-refractivity contribution in [2.45, 2.75) is 44.6 Å². The largest absolute Gasteiger partial charge is 0.321 e. The second kappa shape index (κ2) is 5.48. The molecular weight excluding hydrogens is 317 g/mol. The predicted octanol–water partition coefficient (Wildman–Crippen LogP) is 5.00. The molecule has 0 amide bonds. The van der Waals surface area contributed by atoms with Crippen LogP contribution in [-0.2, 0) is 5.54 Å². The van der Waals surface area contributed by atoms with Crippen LogP contribution in [-0.4, -0.2) is 0 Å². The predicted molar refractivity (Wildman–Crippen MR) is 77.2 cm³/mol. The number of nitrogens with two attached hydrogens (primary N) is 1. The number of halogens is 3. The number of rotatable bonds is 2. The zero-order valence-electron chi connectivity index (χ0n) is 10.5. The molecule has 0 spiro atoms. The molecule has 1 aromatic rings. The van der Waals surface area contributed by atoms with Crippen molar-refractivity contribution in [1.29, 1.82) is 0 Å². The fourth-order valence-electron chi connectivity index (χ4n) is 2.93. The van der Waals surface area contributed by atoms with Gasteiger partial charge >= 0.3 is 0 Å². The van der Waals surface area contributed by atoms with E-state index in [1.54, 1.807) is 12.1 Å². The minimum atomic E-state index is -0.562. The summed E-state index contributed by atoms with van der Waals surface area (Å²) in [6.45, 7) is 2.17. The van der Waals surface area contributed by atoms with E-state index in [0.29, 0.717) is 16.0 Å². The number of benzene rings is 1. The summed E-state index contributed by atoms with van der Waals surface area (Å²) in [5, 5.41) is 0.135. The van der Waals surface area contributed by atoms with E-state index in [1.165, 1.54) is 6.42 Å². The topological polar surface area (TPSA) is 26.0 Å². The maximum atomic E-state index is 14.3. The highest BCUT2D eigenvalue weighted by Crippen LogP contribution is 2.42. The Morgan fingerprint density at radius 1 is 1.56 bits per heavy atom. The second-order valence-electron chi connectivity index (χ2n) is 5.25. The molecule has 1 aliphatic carbocycles. The van der Waals surface area contributed by atoms with E-state index in [2.05, 4.69) is 22.9 Å². The van der Waals surface area contributed by atoms with Crippen LogP contribution >= 0.6 is 27.5 Å². The van der Waals surface area contributed by atoms with Crippen LogP contribution < -0.4 is 5.73 Å². The first kappa shape index (κ1) is 14.3. The Morgan fingerprint density at radius 2 is 2.28 bits per heavy atom. The van der Waals surface area contributed by atoms with Gasteiger partial charge in [-0.15, -0.1) is 0 Å². The number of hydrogen-bond acceptors (Lipinski definition) is 1. The lowest BCUT2D eigenvalue weighted by Gasteiger charge is -2.38. The zero-order chi connectivity index (χ0) is 13.3. The quantitative estimate of drug-likeness (QED) is 0.757. The molecule has 0 bridgehead atoms. The van der Waals surface area contributed by atoms with Gasteiger partial charge in [-0.3, -0.25) is 0 Å². The van der Waals surface area contributed by atoms with E-state index in [-0.39, 0.29) is 10.8 Å². The maximum Gasteiger partial charge on any atom is 0.147 e. The molecule has 1 saturated carbocycles. The van der Waals surface area contributed by atoms with Gasteiger partial charge in [0.15, 0.2) is 0 Å². The van der Waals surface area contributed by atoms with Gasteiger partial charge in [-0.05, 0) is 40.8 Å². The molecule has 2 unspecified atom stereocenters. The summed E-state index contributed by atoms with van der Waals surface area (Å²) in [7, 11) is 0. The summed E-state index contributed by atoms with van der Waals surface area (Å²) in [5.41, 5.74) is 6.45. The first-order valence-electron chi connectivity index (χ1n) is 6.41. The maximum absolute atomic E-state index is 14.3. The molecule has 1 aliphatic rings. The van der Waals surface area contributed by atoms with E-state index < -0.39 is 5.54 Å². The van der Waals surface area contributed by atoms with Crippen molar-refractivity contribution in [3.05, 3.63) is 33.0 Å². The first-order chi connectivity index (χ1) is 8.48. The Labute approximate surface area is 121 Å². The third-order valence-corrected chi connectivity index (χ3v) is 5.30. The molecule has 1 aromatic carbocycles. The summed E-state index contributed by atoms with van der Waals surface area (Å²) in [6, 6.07) is 3.55. The third-order valence-electron chi connectivity index (χ3n) is 4.04. The Hall–Kier alpha value is -0.120. The molecule has 18 heavy (non-hydrogen) atoms. The first-order valence-corrected chi connectivity index (χ1v) is 7.58. The molecule has 0 saturated heterocycles. The van der Waals surface area contributed by atoms with E-state index in [9.17, 15) is 4.39 Å². The van der Waals surface area contributed by atoms with Gasteiger partial charge in [0.25, 0.3) is 0 Å². The molecule has 0 aliphatic heterocycles. The molecule has 4 heteroatoms. The lowest BCUT2D eigenvalue weighted by Crippen LogP contribution is -2.42. The van der Waals surface area contributed by atoms with Crippen LogP contribution in [0.15, 0.2) is 16.6 Å². The van der Waals surface area contributed by atoms with Gasteiger partial charge in [0.2, 0.25) is 0 Å². The van der Waals surface area contributed by atoms with Gasteiger partial charge in [0.05, 0.1) is 5.02 Å². The third kappa shape index (κ3) is 2.59. The molecule has 2 N–H and O–H groups in total. The Bertz CT molecular complexity index is 452. The van der Waals surface area contributed by atoms with Crippen molar-refractivity contribution >= 4 is 27.5 Å². The highest BCUT2D eigenvalue weighted by Gasteiger charge is 2.36. The molecule has 2 rings (SSSR count). The molecular formula is C14H18BrClFN. The molecule has 0 radical (unpaired) electrons. The SMILES string of the molecule is CCC1CCCC(N)(c2ccc(Br)c(Cl)c2F)C1. The molecule has 1 nitrogen and oxygen atoms in total. The van der Waals surface area contributed by atoms with Crippen LogP contribution in [0.25, 0.3) is 0 Å². The van der Waals surface area contributed by atoms with Gasteiger partial charge in [0.1, 0.15) is 5.82 Å². The average Bonchev–Trinajstić information content (AvgIpc) is 2.35. The lowest BCUT2D eigenvalue weighted by molar-refractivity contribution is 0.216. The van der Waals surface area contributed by atoms with Gasteiger partial charge < -0.3 is 5.73 Å². The average molecular weight is 335 g/mol. The van der Waals surface area contributed by atoms with Gasteiger partial charge in [-0.1, -0.05) is 43.9 Å². The highest BCUT2D eigenvalue weighted by molar-refractivity contribution is 9.10. The highest BCUT2D eigenvalue weighted by atomic mass is 79.9. The minimum absolute atomic E-state index is 0.135. The van der Waals surface area contributed by atoms with Crippen LogP contribution in [0.1, 0.15) is 44.6 Å².